The van der Waals surface area contributed by atoms with E-state index in [0.29, 0.717) is 18.7 Å². The van der Waals surface area contributed by atoms with Crippen molar-refractivity contribution in [2.45, 2.75) is 38.7 Å². The Kier molecular flexibility index (Phi) is 4.02. The summed E-state index contributed by atoms with van der Waals surface area (Å²) in [5.41, 5.74) is 6.19. The first-order valence-corrected chi connectivity index (χ1v) is 10.0. The van der Waals surface area contributed by atoms with E-state index in [0.717, 1.165) is 37.1 Å². The predicted octanol–water partition coefficient (Wildman–Crippen LogP) is 3.88. The lowest BCUT2D eigenvalue weighted by molar-refractivity contribution is -0.0957. The topological polar surface area (TPSA) is 58.2 Å². The lowest BCUT2D eigenvalue weighted by Gasteiger charge is -2.43. The third-order valence-corrected chi connectivity index (χ3v) is 6.44. The van der Waals surface area contributed by atoms with Crippen LogP contribution in [0.4, 0.5) is 0 Å². The molecule has 1 spiro atoms. The number of nitrogens with one attached hydrogen (secondary N) is 1. The molecule has 0 atom stereocenters. The standard InChI is InChI=1S/C23H25N3O2/c1-15-13-17(14-24-16(15)2)22(27)26-10-8-23(9-11-26)21-19(7-12-28-23)18-5-3-4-6-20(18)25-21/h3-6,13-14,25H,7-12H2,1-2H3. The highest BCUT2D eigenvalue weighted by Gasteiger charge is 2.43. The fourth-order valence-corrected chi connectivity index (χ4v) is 4.68. The maximum absolute atomic E-state index is 13.0. The van der Waals surface area contributed by atoms with Gasteiger partial charge in [0.15, 0.2) is 0 Å². The van der Waals surface area contributed by atoms with Gasteiger partial charge in [-0.15, -0.1) is 0 Å². The normalized spacial score (nSPS) is 18.4. The van der Waals surface area contributed by atoms with Gasteiger partial charge < -0.3 is 14.6 Å². The van der Waals surface area contributed by atoms with Crippen LogP contribution >= 0.6 is 0 Å². The quantitative estimate of drug-likeness (QED) is 0.702. The number of piperidine rings is 1. The molecule has 0 aliphatic carbocycles. The summed E-state index contributed by atoms with van der Waals surface area (Å²) in [6.07, 6.45) is 4.27. The SMILES string of the molecule is Cc1cc(C(=O)N2CCC3(CC2)OCCc2c3[nH]c3ccccc23)cnc1C. The molecule has 1 aromatic carbocycles. The molecule has 2 aliphatic heterocycles. The number of hydrogen-bond donors (Lipinski definition) is 1. The lowest BCUT2D eigenvalue weighted by atomic mass is 9.83. The Bertz CT molecular complexity index is 1060. The van der Waals surface area contributed by atoms with E-state index in [-0.39, 0.29) is 11.5 Å². The van der Waals surface area contributed by atoms with Crippen LogP contribution in [0, 0.1) is 13.8 Å². The molecular formula is C23H25N3O2. The second kappa shape index (κ2) is 6.45. The number of fused-ring (bicyclic) bond motifs is 4. The average Bonchev–Trinajstić information content (AvgIpc) is 3.11. The van der Waals surface area contributed by atoms with Crippen molar-refractivity contribution < 1.29 is 9.53 Å². The largest absolute Gasteiger partial charge is 0.368 e. The zero-order chi connectivity index (χ0) is 19.3. The molecule has 0 unspecified atom stereocenters. The predicted molar refractivity (Wildman–Crippen MR) is 108 cm³/mol. The molecule has 144 valence electrons. The van der Waals surface area contributed by atoms with Gasteiger partial charge in [0, 0.05) is 35.9 Å². The third-order valence-electron chi connectivity index (χ3n) is 6.44. The number of likely N-dealkylation sites (tertiary alicyclic amines) is 1. The molecule has 28 heavy (non-hydrogen) atoms. The Morgan fingerprint density at radius 2 is 2.00 bits per heavy atom. The van der Waals surface area contributed by atoms with Crippen LogP contribution in [-0.4, -0.2) is 40.5 Å². The van der Waals surface area contributed by atoms with Crippen molar-refractivity contribution in [3.8, 4) is 0 Å². The van der Waals surface area contributed by atoms with Crippen molar-refractivity contribution in [3.05, 3.63) is 64.6 Å². The molecule has 4 heterocycles. The number of pyridine rings is 1. The van der Waals surface area contributed by atoms with Gasteiger partial charge in [0.25, 0.3) is 5.91 Å². The molecule has 5 rings (SSSR count). The number of amides is 1. The summed E-state index contributed by atoms with van der Waals surface area (Å²) in [6, 6.07) is 10.4. The number of hydrogen-bond acceptors (Lipinski definition) is 3. The van der Waals surface area contributed by atoms with Crippen molar-refractivity contribution in [2.75, 3.05) is 19.7 Å². The molecule has 2 aromatic heterocycles. The van der Waals surface area contributed by atoms with E-state index in [4.69, 9.17) is 4.74 Å². The number of carbonyl (C=O) groups is 1. The van der Waals surface area contributed by atoms with Crippen LogP contribution in [-0.2, 0) is 16.8 Å². The molecule has 2 aliphatic rings. The molecule has 5 heteroatoms. The number of aromatic amines is 1. The Morgan fingerprint density at radius 1 is 1.21 bits per heavy atom. The molecule has 0 radical (unpaired) electrons. The summed E-state index contributed by atoms with van der Waals surface area (Å²) < 4.78 is 6.35. The molecule has 1 amide bonds. The fraction of sp³-hybridized carbons (Fsp3) is 0.391. The van der Waals surface area contributed by atoms with Gasteiger partial charge in [-0.25, -0.2) is 0 Å². The number of H-pyrrole nitrogens is 1. The minimum Gasteiger partial charge on any atom is -0.368 e. The van der Waals surface area contributed by atoms with Gasteiger partial charge >= 0.3 is 0 Å². The summed E-state index contributed by atoms with van der Waals surface area (Å²) in [6.45, 7) is 6.09. The van der Waals surface area contributed by atoms with Gasteiger partial charge in [-0.05, 0) is 56.4 Å². The summed E-state index contributed by atoms with van der Waals surface area (Å²) in [4.78, 5) is 22.9. The maximum atomic E-state index is 13.0. The number of ether oxygens (including phenoxy) is 1. The van der Waals surface area contributed by atoms with Crippen molar-refractivity contribution in [1.29, 1.82) is 0 Å². The van der Waals surface area contributed by atoms with Crippen LogP contribution in [0.3, 0.4) is 0 Å². The van der Waals surface area contributed by atoms with Crippen LogP contribution in [0.1, 0.15) is 45.7 Å². The van der Waals surface area contributed by atoms with Gasteiger partial charge in [0.2, 0.25) is 0 Å². The highest BCUT2D eigenvalue weighted by Crippen LogP contribution is 2.43. The van der Waals surface area contributed by atoms with E-state index in [1.54, 1.807) is 6.20 Å². The van der Waals surface area contributed by atoms with E-state index in [2.05, 4.69) is 34.2 Å². The number of aromatic nitrogens is 2. The van der Waals surface area contributed by atoms with Crippen LogP contribution in [0.2, 0.25) is 0 Å². The Morgan fingerprint density at radius 3 is 2.79 bits per heavy atom. The second-order valence-electron chi connectivity index (χ2n) is 8.04. The Hall–Kier alpha value is -2.66. The number of para-hydroxylation sites is 1. The first-order valence-electron chi connectivity index (χ1n) is 10.0. The minimum absolute atomic E-state index is 0.0677. The average molecular weight is 375 g/mol. The molecule has 0 saturated carbocycles. The number of aryl methyl sites for hydroxylation is 2. The highest BCUT2D eigenvalue weighted by atomic mass is 16.5. The molecule has 3 aromatic rings. The Balaban J connectivity index is 1.40. The van der Waals surface area contributed by atoms with E-state index in [9.17, 15) is 4.79 Å². The third kappa shape index (κ3) is 2.65. The van der Waals surface area contributed by atoms with Crippen LogP contribution < -0.4 is 0 Å². The lowest BCUT2D eigenvalue weighted by Crippen LogP contribution is -2.48. The summed E-state index contributed by atoms with van der Waals surface area (Å²) >= 11 is 0. The molecule has 1 fully saturated rings. The summed E-state index contributed by atoms with van der Waals surface area (Å²) in [5, 5.41) is 1.31. The molecule has 1 saturated heterocycles. The minimum atomic E-state index is -0.301. The Labute approximate surface area is 164 Å². The molecule has 5 nitrogen and oxygen atoms in total. The van der Waals surface area contributed by atoms with Crippen molar-refractivity contribution in [3.63, 3.8) is 0 Å². The smallest absolute Gasteiger partial charge is 0.255 e. The van der Waals surface area contributed by atoms with Crippen LogP contribution in [0.5, 0.6) is 0 Å². The van der Waals surface area contributed by atoms with Gasteiger partial charge in [-0.2, -0.15) is 0 Å². The van der Waals surface area contributed by atoms with Crippen LogP contribution in [0.25, 0.3) is 10.9 Å². The maximum Gasteiger partial charge on any atom is 0.255 e. The van der Waals surface area contributed by atoms with Gasteiger partial charge in [-0.1, -0.05) is 18.2 Å². The number of benzene rings is 1. The zero-order valence-electron chi connectivity index (χ0n) is 16.4. The number of nitrogens with zero attached hydrogens (tertiary/aromatic N) is 2. The second-order valence-corrected chi connectivity index (χ2v) is 8.04. The zero-order valence-corrected chi connectivity index (χ0v) is 16.4. The van der Waals surface area contributed by atoms with Gasteiger partial charge in [0.05, 0.1) is 17.9 Å². The highest BCUT2D eigenvalue weighted by molar-refractivity contribution is 5.94. The summed E-state index contributed by atoms with van der Waals surface area (Å²) in [7, 11) is 0. The van der Waals surface area contributed by atoms with Gasteiger partial charge in [-0.3, -0.25) is 9.78 Å². The van der Waals surface area contributed by atoms with E-state index in [1.165, 1.54) is 22.2 Å². The first kappa shape index (κ1) is 17.4. The van der Waals surface area contributed by atoms with E-state index < -0.39 is 0 Å². The molecular weight excluding hydrogens is 350 g/mol. The van der Waals surface area contributed by atoms with Crippen molar-refractivity contribution >= 4 is 16.8 Å². The summed E-state index contributed by atoms with van der Waals surface area (Å²) in [5.74, 6) is 0.0677. The monoisotopic (exact) mass is 375 g/mol. The molecule has 0 bridgehead atoms. The number of rotatable bonds is 1. The van der Waals surface area contributed by atoms with Crippen LogP contribution in [0.15, 0.2) is 36.5 Å². The first-order chi connectivity index (χ1) is 13.6. The van der Waals surface area contributed by atoms with E-state index >= 15 is 0 Å². The van der Waals surface area contributed by atoms with E-state index in [1.807, 2.05) is 24.8 Å². The number of carbonyl (C=O) groups excluding carboxylic acids is 1. The van der Waals surface area contributed by atoms with Gasteiger partial charge in [0.1, 0.15) is 5.60 Å². The van der Waals surface area contributed by atoms with Crippen molar-refractivity contribution in [2.24, 2.45) is 0 Å². The molecule has 1 N–H and O–H groups in total. The fourth-order valence-electron chi connectivity index (χ4n) is 4.68. The van der Waals surface area contributed by atoms with Crippen molar-refractivity contribution in [1.82, 2.24) is 14.9 Å².